The van der Waals surface area contributed by atoms with Crippen molar-refractivity contribution in [1.82, 2.24) is 9.55 Å². The lowest BCUT2D eigenvalue weighted by Crippen LogP contribution is -1.96. The van der Waals surface area contributed by atoms with E-state index in [1.807, 2.05) is 24.2 Å². The molecule has 0 aliphatic carbocycles. The van der Waals surface area contributed by atoms with Crippen molar-refractivity contribution in [3.63, 3.8) is 0 Å². The van der Waals surface area contributed by atoms with Crippen LogP contribution in [0, 0.1) is 12.8 Å². The highest BCUT2D eigenvalue weighted by Crippen LogP contribution is 2.22. The Morgan fingerprint density at radius 2 is 2.16 bits per heavy atom. The fourth-order valence-electron chi connectivity index (χ4n) is 2.03. The zero-order chi connectivity index (χ0) is 13.7. The summed E-state index contributed by atoms with van der Waals surface area (Å²) in [5.41, 5.74) is 2.48. The van der Waals surface area contributed by atoms with Crippen LogP contribution in [0.5, 0.6) is 0 Å². The molecule has 19 heavy (non-hydrogen) atoms. The van der Waals surface area contributed by atoms with Gasteiger partial charge in [0, 0.05) is 23.8 Å². The number of aromatic nitrogens is 2. The largest absolute Gasteiger partial charge is 0.295 e. The van der Waals surface area contributed by atoms with Gasteiger partial charge in [0.2, 0.25) is 0 Å². The average molecular weight is 274 g/mol. The van der Waals surface area contributed by atoms with E-state index in [1.165, 1.54) is 24.1 Å². The lowest BCUT2D eigenvalue weighted by atomic mass is 10.1. The number of imidazole rings is 1. The fraction of sp³-hybridized carbons (Fsp3) is 0.438. The smallest absolute Gasteiger partial charge is 0.172 e. The first-order valence-corrected chi connectivity index (χ1v) is 7.88. The first-order valence-electron chi connectivity index (χ1n) is 6.90. The Labute approximate surface area is 120 Å². The molecule has 3 heteroatoms. The molecule has 2 nitrogen and oxygen atoms in total. The minimum absolute atomic E-state index is 0.789. The van der Waals surface area contributed by atoms with Gasteiger partial charge in [-0.3, -0.25) is 4.57 Å². The summed E-state index contributed by atoms with van der Waals surface area (Å²) in [7, 11) is 0. The second-order valence-electron chi connectivity index (χ2n) is 5.30. The molecule has 1 aromatic heterocycles. The van der Waals surface area contributed by atoms with Gasteiger partial charge in [0.05, 0.1) is 0 Å². The van der Waals surface area contributed by atoms with E-state index in [1.54, 1.807) is 0 Å². The molecular formula is C16H22N2S. The molecule has 2 aromatic rings. The second-order valence-corrected chi connectivity index (χ2v) is 6.37. The molecule has 0 unspecified atom stereocenters. The van der Waals surface area contributed by atoms with Gasteiger partial charge in [0.15, 0.2) is 5.16 Å². The molecule has 0 spiro atoms. The first-order chi connectivity index (χ1) is 9.16. The van der Waals surface area contributed by atoms with Crippen molar-refractivity contribution < 1.29 is 0 Å². The molecule has 0 aliphatic heterocycles. The summed E-state index contributed by atoms with van der Waals surface area (Å²) in [5.74, 6) is 1.93. The van der Waals surface area contributed by atoms with Gasteiger partial charge in [-0.2, -0.15) is 0 Å². The van der Waals surface area contributed by atoms with Crippen molar-refractivity contribution in [3.8, 4) is 5.69 Å². The number of benzene rings is 1. The van der Waals surface area contributed by atoms with Crippen LogP contribution in [0.2, 0.25) is 0 Å². The van der Waals surface area contributed by atoms with E-state index in [9.17, 15) is 0 Å². The third kappa shape index (κ3) is 4.13. The van der Waals surface area contributed by atoms with Crippen molar-refractivity contribution in [3.05, 3.63) is 42.2 Å². The van der Waals surface area contributed by atoms with E-state index < -0.39 is 0 Å². The van der Waals surface area contributed by atoms with E-state index in [0.717, 1.165) is 16.8 Å². The highest BCUT2D eigenvalue weighted by molar-refractivity contribution is 7.99. The Bertz CT molecular complexity index is 517. The predicted molar refractivity (Wildman–Crippen MR) is 83.1 cm³/mol. The van der Waals surface area contributed by atoms with Crippen LogP contribution in [-0.4, -0.2) is 15.3 Å². The molecule has 0 saturated heterocycles. The average Bonchev–Trinajstić information content (AvgIpc) is 2.83. The third-order valence-corrected chi connectivity index (χ3v) is 4.10. The van der Waals surface area contributed by atoms with Crippen molar-refractivity contribution in [2.45, 2.75) is 38.8 Å². The van der Waals surface area contributed by atoms with Crippen LogP contribution in [0.25, 0.3) is 5.69 Å². The van der Waals surface area contributed by atoms with Crippen LogP contribution in [-0.2, 0) is 0 Å². The molecule has 2 rings (SSSR count). The topological polar surface area (TPSA) is 17.8 Å². The number of nitrogens with zero attached hydrogens (tertiary/aromatic N) is 2. The summed E-state index contributed by atoms with van der Waals surface area (Å²) >= 11 is 1.85. The SMILES string of the molecule is Cc1cccc(-n2ccnc2SCCCC(C)C)c1. The monoisotopic (exact) mass is 274 g/mol. The number of hydrogen-bond acceptors (Lipinski definition) is 2. The van der Waals surface area contributed by atoms with Gasteiger partial charge >= 0.3 is 0 Å². The molecule has 0 radical (unpaired) electrons. The van der Waals surface area contributed by atoms with Crippen LogP contribution in [0.15, 0.2) is 41.8 Å². The van der Waals surface area contributed by atoms with E-state index in [-0.39, 0.29) is 0 Å². The molecular weight excluding hydrogens is 252 g/mol. The minimum Gasteiger partial charge on any atom is -0.295 e. The molecule has 0 fully saturated rings. The Morgan fingerprint density at radius 1 is 1.32 bits per heavy atom. The van der Waals surface area contributed by atoms with Crippen molar-refractivity contribution >= 4 is 11.8 Å². The quantitative estimate of drug-likeness (QED) is 0.561. The summed E-state index contributed by atoms with van der Waals surface area (Å²) in [4.78, 5) is 4.46. The Hall–Kier alpha value is -1.22. The zero-order valence-electron chi connectivity index (χ0n) is 12.0. The van der Waals surface area contributed by atoms with Gasteiger partial charge in [-0.05, 0) is 37.0 Å². The number of rotatable bonds is 6. The number of hydrogen-bond donors (Lipinski definition) is 0. The molecule has 102 valence electrons. The van der Waals surface area contributed by atoms with Crippen LogP contribution < -0.4 is 0 Å². The maximum atomic E-state index is 4.46. The molecule has 0 amide bonds. The Kier molecular flexibility index (Phi) is 5.08. The fourth-order valence-corrected chi connectivity index (χ4v) is 2.96. The molecule has 0 atom stereocenters. The maximum Gasteiger partial charge on any atom is 0.172 e. The van der Waals surface area contributed by atoms with Gasteiger partial charge in [-0.1, -0.05) is 44.2 Å². The van der Waals surface area contributed by atoms with Gasteiger partial charge in [0.25, 0.3) is 0 Å². The molecule has 0 saturated carbocycles. The maximum absolute atomic E-state index is 4.46. The summed E-state index contributed by atoms with van der Waals surface area (Å²) in [6.45, 7) is 6.67. The zero-order valence-corrected chi connectivity index (χ0v) is 12.8. The van der Waals surface area contributed by atoms with E-state index in [4.69, 9.17) is 0 Å². The molecule has 0 bridgehead atoms. The molecule has 0 N–H and O–H groups in total. The summed E-state index contributed by atoms with van der Waals surface area (Å²) in [6, 6.07) is 8.54. The predicted octanol–water partition coefficient (Wildman–Crippen LogP) is 4.71. The standard InChI is InChI=1S/C16H22N2S/c1-13(2)6-5-11-19-16-17-9-10-18(16)15-8-4-7-14(3)12-15/h4,7-10,12-13H,5-6,11H2,1-3H3. The summed E-state index contributed by atoms with van der Waals surface area (Å²) in [6.07, 6.45) is 6.47. The Morgan fingerprint density at radius 3 is 2.89 bits per heavy atom. The summed E-state index contributed by atoms with van der Waals surface area (Å²) < 4.78 is 2.17. The Balaban J connectivity index is 2.02. The van der Waals surface area contributed by atoms with Gasteiger partial charge in [-0.25, -0.2) is 4.98 Å². The van der Waals surface area contributed by atoms with Crippen molar-refractivity contribution in [2.24, 2.45) is 5.92 Å². The van der Waals surface area contributed by atoms with Crippen LogP contribution >= 0.6 is 11.8 Å². The molecule has 1 heterocycles. The summed E-state index contributed by atoms with van der Waals surface area (Å²) in [5, 5.41) is 1.09. The lowest BCUT2D eigenvalue weighted by molar-refractivity contribution is 0.579. The minimum atomic E-state index is 0.789. The van der Waals surface area contributed by atoms with E-state index in [2.05, 4.69) is 54.6 Å². The van der Waals surface area contributed by atoms with E-state index in [0.29, 0.717) is 0 Å². The lowest BCUT2D eigenvalue weighted by Gasteiger charge is -2.08. The normalized spacial score (nSPS) is 11.2. The van der Waals surface area contributed by atoms with Gasteiger partial charge in [0.1, 0.15) is 0 Å². The number of thioether (sulfide) groups is 1. The second kappa shape index (κ2) is 6.80. The van der Waals surface area contributed by atoms with Gasteiger partial charge in [-0.15, -0.1) is 0 Å². The van der Waals surface area contributed by atoms with Crippen LogP contribution in [0.1, 0.15) is 32.3 Å². The van der Waals surface area contributed by atoms with E-state index >= 15 is 0 Å². The molecule has 0 aliphatic rings. The highest BCUT2D eigenvalue weighted by atomic mass is 32.2. The molecule has 1 aromatic carbocycles. The van der Waals surface area contributed by atoms with Crippen LogP contribution in [0.4, 0.5) is 0 Å². The van der Waals surface area contributed by atoms with Crippen molar-refractivity contribution in [1.29, 1.82) is 0 Å². The first kappa shape index (κ1) is 14.2. The number of aryl methyl sites for hydroxylation is 1. The van der Waals surface area contributed by atoms with Crippen LogP contribution in [0.3, 0.4) is 0 Å². The van der Waals surface area contributed by atoms with Gasteiger partial charge < -0.3 is 0 Å². The van der Waals surface area contributed by atoms with Crippen molar-refractivity contribution in [2.75, 3.05) is 5.75 Å². The highest BCUT2D eigenvalue weighted by Gasteiger charge is 2.05. The third-order valence-electron chi connectivity index (χ3n) is 3.04.